The average molecular weight is 524 g/mol. The maximum absolute atomic E-state index is 13.9. The molecular weight excluding hydrogens is 497 g/mol. The molecule has 0 bridgehead atoms. The highest BCUT2D eigenvalue weighted by atomic mass is 19.1. The van der Waals surface area contributed by atoms with Crippen LogP contribution in [0.2, 0.25) is 0 Å². The van der Waals surface area contributed by atoms with Crippen molar-refractivity contribution in [1.29, 1.82) is 0 Å². The van der Waals surface area contributed by atoms with Gasteiger partial charge in [-0.15, -0.1) is 0 Å². The van der Waals surface area contributed by atoms with E-state index in [1.165, 1.54) is 12.1 Å². The highest BCUT2D eigenvalue weighted by Gasteiger charge is 2.37. The second-order valence-electron chi connectivity index (χ2n) is 9.33. The summed E-state index contributed by atoms with van der Waals surface area (Å²) in [6.07, 6.45) is 1.51. The first-order valence-corrected chi connectivity index (χ1v) is 12.4. The summed E-state index contributed by atoms with van der Waals surface area (Å²) in [5.41, 5.74) is 4.91. The van der Waals surface area contributed by atoms with Crippen LogP contribution >= 0.6 is 0 Å². The van der Waals surface area contributed by atoms with Crippen LogP contribution in [-0.2, 0) is 16.2 Å². The highest BCUT2D eigenvalue weighted by molar-refractivity contribution is 6.39. The lowest BCUT2D eigenvalue weighted by Gasteiger charge is -2.26. The van der Waals surface area contributed by atoms with Gasteiger partial charge in [-0.05, 0) is 80.9 Å². The Balaban J connectivity index is 1.40. The van der Waals surface area contributed by atoms with Gasteiger partial charge in [-0.25, -0.2) is 14.1 Å². The van der Waals surface area contributed by atoms with Crippen molar-refractivity contribution < 1.29 is 23.5 Å². The third kappa shape index (κ3) is 5.09. The third-order valence-electron chi connectivity index (χ3n) is 6.61. The number of urea groups is 1. The molecule has 196 valence electrons. The minimum atomic E-state index is -0.784. The Kier molecular flexibility index (Phi) is 6.85. The van der Waals surface area contributed by atoms with Crippen molar-refractivity contribution in [2.45, 2.75) is 27.4 Å². The van der Waals surface area contributed by atoms with E-state index in [9.17, 15) is 18.8 Å². The lowest BCUT2D eigenvalue weighted by molar-refractivity contribution is -0.122. The molecule has 1 fully saturated rings. The molecule has 4 amide bonds. The summed E-state index contributed by atoms with van der Waals surface area (Å²) in [6.45, 7) is 5.82. The maximum Gasteiger partial charge on any atom is 0.335 e. The number of imide groups is 2. The molecule has 5 rings (SSSR count). The van der Waals surface area contributed by atoms with Gasteiger partial charge in [0.25, 0.3) is 11.8 Å². The number of anilines is 1. The zero-order chi connectivity index (χ0) is 27.7. The molecule has 0 saturated carbocycles. The number of amides is 4. The number of nitrogens with zero attached hydrogens (tertiary/aromatic N) is 2. The number of ether oxygens (including phenoxy) is 1. The minimum absolute atomic E-state index is 0.115. The molecule has 2 heterocycles. The molecule has 1 aliphatic heterocycles. The Morgan fingerprint density at radius 1 is 0.872 bits per heavy atom. The van der Waals surface area contributed by atoms with Gasteiger partial charge in [-0.1, -0.05) is 35.9 Å². The lowest BCUT2D eigenvalue weighted by Crippen LogP contribution is -2.54. The van der Waals surface area contributed by atoms with Crippen LogP contribution in [-0.4, -0.2) is 22.4 Å². The SMILES string of the molecule is Cc1ccc(N2C(=O)NC(=O)/C(=C\c3cc(C)n(-c4ccc(OCc5ccccc5F)cc4)c3C)C2=O)cc1. The topological polar surface area (TPSA) is 80.6 Å². The van der Waals surface area contributed by atoms with E-state index >= 15 is 0 Å². The number of halogens is 1. The number of rotatable bonds is 6. The van der Waals surface area contributed by atoms with Crippen molar-refractivity contribution in [3.63, 3.8) is 0 Å². The number of aromatic nitrogens is 1. The summed E-state index contributed by atoms with van der Waals surface area (Å²) in [5.74, 6) is -1.15. The number of nitrogens with one attached hydrogen (secondary N) is 1. The number of barbiturate groups is 1. The van der Waals surface area contributed by atoms with Crippen LogP contribution in [0, 0.1) is 26.6 Å². The van der Waals surface area contributed by atoms with E-state index in [4.69, 9.17) is 4.74 Å². The summed E-state index contributed by atoms with van der Waals surface area (Å²) in [4.78, 5) is 39.4. The van der Waals surface area contributed by atoms with E-state index in [0.717, 1.165) is 27.5 Å². The van der Waals surface area contributed by atoms with Gasteiger partial charge in [0.1, 0.15) is 23.7 Å². The number of hydrogen-bond donors (Lipinski definition) is 1. The molecule has 1 N–H and O–H groups in total. The van der Waals surface area contributed by atoms with E-state index in [1.807, 2.05) is 43.5 Å². The van der Waals surface area contributed by atoms with Crippen LogP contribution in [0.15, 0.2) is 84.4 Å². The molecule has 7 nitrogen and oxygen atoms in total. The second-order valence-corrected chi connectivity index (χ2v) is 9.33. The predicted octanol–water partition coefficient (Wildman–Crippen LogP) is 5.79. The minimum Gasteiger partial charge on any atom is -0.489 e. The van der Waals surface area contributed by atoms with Crippen molar-refractivity contribution in [3.8, 4) is 11.4 Å². The Morgan fingerprint density at radius 2 is 1.54 bits per heavy atom. The van der Waals surface area contributed by atoms with Crippen LogP contribution < -0.4 is 15.0 Å². The van der Waals surface area contributed by atoms with E-state index in [2.05, 4.69) is 5.32 Å². The Hall–Kier alpha value is -4.98. The van der Waals surface area contributed by atoms with Gasteiger partial charge in [0.05, 0.1) is 5.69 Å². The zero-order valence-electron chi connectivity index (χ0n) is 21.7. The standard InChI is InChI=1S/C31H26FN3O4/c1-19-8-10-25(11-9-19)35-30(37)27(29(36)33-31(35)38)17-23-16-20(2)34(21(23)3)24-12-14-26(15-13-24)39-18-22-6-4-5-7-28(22)32/h4-17H,18H2,1-3H3,(H,33,36,38)/b27-17+. The van der Waals surface area contributed by atoms with Crippen LogP contribution in [0.3, 0.4) is 0 Å². The van der Waals surface area contributed by atoms with Gasteiger partial charge in [-0.3, -0.25) is 14.9 Å². The first-order valence-electron chi connectivity index (χ1n) is 12.4. The van der Waals surface area contributed by atoms with Crippen LogP contribution in [0.5, 0.6) is 5.75 Å². The van der Waals surface area contributed by atoms with E-state index < -0.39 is 17.8 Å². The van der Waals surface area contributed by atoms with E-state index in [-0.39, 0.29) is 18.0 Å². The fraction of sp³-hybridized carbons (Fsp3) is 0.129. The molecule has 1 saturated heterocycles. The summed E-state index contributed by atoms with van der Waals surface area (Å²) < 4.78 is 21.6. The fourth-order valence-corrected chi connectivity index (χ4v) is 4.54. The normalized spacial score (nSPS) is 14.6. The largest absolute Gasteiger partial charge is 0.489 e. The van der Waals surface area contributed by atoms with E-state index in [0.29, 0.717) is 22.6 Å². The molecule has 0 atom stereocenters. The molecule has 39 heavy (non-hydrogen) atoms. The van der Waals surface area contributed by atoms with Crippen molar-refractivity contribution in [1.82, 2.24) is 9.88 Å². The van der Waals surface area contributed by atoms with Crippen LogP contribution in [0.25, 0.3) is 11.8 Å². The number of aryl methyl sites for hydroxylation is 2. The Bertz CT molecular complexity index is 1620. The molecule has 0 spiro atoms. The van der Waals surface area contributed by atoms with Crippen LogP contribution in [0.4, 0.5) is 14.9 Å². The smallest absolute Gasteiger partial charge is 0.335 e. The number of benzene rings is 3. The summed E-state index contributed by atoms with van der Waals surface area (Å²) in [6, 6.07) is 21.8. The zero-order valence-corrected chi connectivity index (χ0v) is 21.7. The number of carbonyl (C=O) groups excluding carboxylic acids is 3. The molecule has 3 aromatic carbocycles. The molecular formula is C31H26FN3O4. The average Bonchev–Trinajstić information content (AvgIpc) is 3.19. The summed E-state index contributed by atoms with van der Waals surface area (Å²) >= 11 is 0. The number of hydrogen-bond acceptors (Lipinski definition) is 4. The Morgan fingerprint density at radius 3 is 2.23 bits per heavy atom. The van der Waals surface area contributed by atoms with Gasteiger partial charge >= 0.3 is 6.03 Å². The van der Waals surface area contributed by atoms with Crippen LogP contribution in [0.1, 0.15) is 28.1 Å². The molecule has 4 aromatic rings. The molecule has 1 aromatic heterocycles. The lowest BCUT2D eigenvalue weighted by atomic mass is 10.1. The third-order valence-corrected chi connectivity index (χ3v) is 6.61. The van der Waals surface area contributed by atoms with Crippen molar-refractivity contribution in [2.75, 3.05) is 4.90 Å². The molecule has 1 aliphatic rings. The summed E-state index contributed by atoms with van der Waals surface area (Å²) in [5, 5.41) is 2.26. The molecule has 8 heteroatoms. The highest BCUT2D eigenvalue weighted by Crippen LogP contribution is 2.27. The summed E-state index contributed by atoms with van der Waals surface area (Å²) in [7, 11) is 0. The molecule has 0 aliphatic carbocycles. The first kappa shape index (κ1) is 25.7. The molecule has 0 radical (unpaired) electrons. The Labute approximate surface area is 225 Å². The fourth-order valence-electron chi connectivity index (χ4n) is 4.54. The van der Waals surface area contributed by atoms with Gasteiger partial charge in [0.2, 0.25) is 0 Å². The maximum atomic E-state index is 13.9. The molecule has 0 unspecified atom stereocenters. The second kappa shape index (κ2) is 10.4. The van der Waals surface area contributed by atoms with E-state index in [1.54, 1.807) is 54.6 Å². The number of carbonyl (C=O) groups is 3. The van der Waals surface area contributed by atoms with Crippen molar-refractivity contribution >= 4 is 29.6 Å². The van der Waals surface area contributed by atoms with Gasteiger partial charge in [0.15, 0.2) is 0 Å². The van der Waals surface area contributed by atoms with Crippen molar-refractivity contribution in [3.05, 3.63) is 118 Å². The quantitative estimate of drug-likeness (QED) is 0.256. The van der Waals surface area contributed by atoms with Gasteiger partial charge < -0.3 is 9.30 Å². The first-order chi connectivity index (χ1) is 18.7. The van der Waals surface area contributed by atoms with Gasteiger partial charge in [0, 0.05) is 22.6 Å². The van der Waals surface area contributed by atoms with Gasteiger partial charge in [-0.2, -0.15) is 0 Å². The monoisotopic (exact) mass is 523 g/mol. The van der Waals surface area contributed by atoms with Crippen molar-refractivity contribution in [2.24, 2.45) is 0 Å². The predicted molar refractivity (Wildman–Crippen MR) is 146 cm³/mol.